The van der Waals surface area contributed by atoms with Crippen LogP contribution in [0.4, 0.5) is 13.2 Å². The molecule has 0 aliphatic heterocycles. The van der Waals surface area contributed by atoms with Gasteiger partial charge < -0.3 is 30.9 Å². The molecule has 0 aromatic heterocycles. The molecule has 4 rings (SSSR count). The summed E-state index contributed by atoms with van der Waals surface area (Å²) in [5.41, 5.74) is 0.118. The maximum Gasteiger partial charge on any atom is 1.00 e. The maximum absolute atomic E-state index is 13.7. The van der Waals surface area contributed by atoms with Crippen LogP contribution in [0, 0.1) is 11.6 Å². The van der Waals surface area contributed by atoms with E-state index in [4.69, 9.17) is 30.7 Å². The first-order valence-corrected chi connectivity index (χ1v) is 17.1. The van der Waals surface area contributed by atoms with Crippen molar-refractivity contribution in [2.45, 2.75) is 0 Å². The van der Waals surface area contributed by atoms with Crippen molar-refractivity contribution < 1.29 is 163 Å². The number of Topliss-reactive ketones (excluding diaryl/α,β-unsaturated/α-hetero) is 2. The fourth-order valence-electron chi connectivity index (χ4n) is 3.06. The van der Waals surface area contributed by atoms with Gasteiger partial charge in [-0.25, -0.2) is 8.78 Å². The van der Waals surface area contributed by atoms with Gasteiger partial charge in [0.15, 0.2) is 12.4 Å². The standard InChI is InChI=1S/C15H11Br2FO3.C8H5Br2FO.C7H7BrO2.CH3F.CH2O3.2K.H/c1-20-10-3-5-12(17)15(7-10)21-8-14(19)11-4-2-9(16)6-13(11)18;9-4-8(12)6-2-1-5(10)3-7(6)11;1-10-5-2-3-6(8)7(9)4-5;1-2;2-1-4-3;;;/h2-7H,8H2,1H3;1-3H,4H2;2-4,9H,1H3;1H3;1,3H;;;/q;;;;;2*+1;-1/p-1/i;;;1D;;;;. The topological polar surface area (TPSA) is 131 Å². The molecule has 0 fully saturated rings. The van der Waals surface area contributed by atoms with Crippen LogP contribution in [0.25, 0.3) is 0 Å². The molecular weight excluding hydrogens is 1060 g/mol. The van der Waals surface area contributed by atoms with Gasteiger partial charge in [0.25, 0.3) is 6.47 Å². The zero-order valence-corrected chi connectivity index (χ0v) is 41.5. The maximum atomic E-state index is 13.7. The zero-order chi connectivity index (χ0) is 38.2. The van der Waals surface area contributed by atoms with Crippen LogP contribution < -0.4 is 122 Å². The van der Waals surface area contributed by atoms with E-state index in [0.717, 1.165) is 0 Å². The molecule has 0 amide bonds. The fraction of sp³-hybridized carbons (Fsp3) is 0.156. The number of carbonyl (C=O) groups is 3. The fourth-order valence-corrected chi connectivity index (χ4v) is 4.64. The number of phenols is 1. The minimum atomic E-state index is -1.00. The Hall–Kier alpha value is 0.313. The molecule has 0 unspecified atom stereocenters. The summed E-state index contributed by atoms with van der Waals surface area (Å²) in [6.07, 6.45) is 0. The van der Waals surface area contributed by atoms with Crippen molar-refractivity contribution >= 4 is 97.7 Å². The number of rotatable bonds is 9. The summed E-state index contributed by atoms with van der Waals surface area (Å²) < 4.78 is 60.2. The van der Waals surface area contributed by atoms with Crippen molar-refractivity contribution in [1.29, 1.82) is 0 Å². The first kappa shape index (κ1) is 53.4. The van der Waals surface area contributed by atoms with Crippen molar-refractivity contribution in [2.24, 2.45) is 0 Å². The molecule has 4 aromatic carbocycles. The third kappa shape index (κ3) is 22.5. The minimum absolute atomic E-state index is 0. The number of halogens is 8. The normalized spacial score (nSPS) is 9.20. The third-order valence-corrected chi connectivity index (χ3v) is 8.10. The molecule has 0 aliphatic carbocycles. The molecule has 0 atom stereocenters. The summed E-state index contributed by atoms with van der Waals surface area (Å²) in [5, 5.41) is 17.7. The Balaban J connectivity index is -0.000000322. The van der Waals surface area contributed by atoms with Crippen LogP contribution >= 0.6 is 79.6 Å². The number of hydrogen-bond acceptors (Lipinski definition) is 9. The quantitative estimate of drug-likeness (QED) is 0.0672. The molecule has 0 spiro atoms. The van der Waals surface area contributed by atoms with Crippen molar-refractivity contribution in [3.63, 3.8) is 0 Å². The largest absolute Gasteiger partial charge is 1.00 e. The Labute approximate surface area is 423 Å². The van der Waals surface area contributed by atoms with Gasteiger partial charge in [-0.2, -0.15) is 0 Å². The van der Waals surface area contributed by atoms with Crippen molar-refractivity contribution in [3.05, 3.63) is 113 Å². The Morgan fingerprint density at radius 1 is 0.824 bits per heavy atom. The van der Waals surface area contributed by atoms with Gasteiger partial charge in [0.1, 0.15) is 34.6 Å². The SMILES string of the molecule is COc1ccc(Br)c(O)c1.COc1ccc(Br)c(OCC(=O)c2ccc(Br)cc2F)c1.O=C(CBr)c1ccc(Br)cc1F.O=CO[O-].[2H]CF.[H-].[K+].[K+]. The number of ether oxygens (including phenoxy) is 3. The van der Waals surface area contributed by atoms with Gasteiger partial charge in [-0.1, -0.05) is 47.8 Å². The first-order chi connectivity index (χ1) is 23.7. The van der Waals surface area contributed by atoms with Gasteiger partial charge in [0, 0.05) is 21.1 Å². The summed E-state index contributed by atoms with van der Waals surface area (Å²) in [6, 6.07) is 18.8. The summed E-state index contributed by atoms with van der Waals surface area (Å²) in [5.74, 6) is 0.155. The predicted octanol–water partition coefficient (Wildman–Crippen LogP) is 3.09. The van der Waals surface area contributed by atoms with E-state index in [1.807, 2.05) is 0 Å². The Morgan fingerprint density at radius 3 is 1.65 bits per heavy atom. The van der Waals surface area contributed by atoms with E-state index in [0.29, 0.717) is 35.1 Å². The van der Waals surface area contributed by atoms with Crippen LogP contribution in [0.15, 0.2) is 90.7 Å². The molecule has 0 saturated carbocycles. The second-order valence-electron chi connectivity index (χ2n) is 8.32. The molecule has 51 heavy (non-hydrogen) atoms. The Kier molecular flexibility index (Phi) is 34.1. The van der Waals surface area contributed by atoms with E-state index < -0.39 is 24.6 Å². The van der Waals surface area contributed by atoms with Gasteiger partial charge >= 0.3 is 103 Å². The van der Waals surface area contributed by atoms with Crippen molar-refractivity contribution in [2.75, 3.05) is 33.3 Å². The van der Waals surface area contributed by atoms with E-state index >= 15 is 0 Å². The second-order valence-corrected chi connectivity index (χ2v) is 12.4. The van der Waals surface area contributed by atoms with Crippen LogP contribution in [-0.2, 0) is 9.68 Å². The average molecular weight is 1090 g/mol. The molecule has 19 heteroatoms. The van der Waals surface area contributed by atoms with E-state index in [9.17, 15) is 22.8 Å². The first-order valence-electron chi connectivity index (χ1n) is 13.5. The number of benzene rings is 4. The van der Waals surface area contributed by atoms with E-state index in [1.165, 1.54) is 31.4 Å². The third-order valence-electron chi connectivity index (χ3n) is 5.27. The molecule has 0 aliphatic rings. The number of aromatic hydroxyl groups is 1. The van der Waals surface area contributed by atoms with Crippen molar-refractivity contribution in [1.82, 2.24) is 0 Å². The van der Waals surface area contributed by atoms with Crippen LogP contribution in [-0.4, -0.2) is 56.5 Å². The molecule has 1 N–H and O–H groups in total. The number of alkyl halides is 2. The summed E-state index contributed by atoms with van der Waals surface area (Å²) in [4.78, 5) is 34.3. The number of carbonyl (C=O) groups excluding carboxylic acids is 3. The van der Waals surface area contributed by atoms with Gasteiger partial charge in [0.05, 0.1) is 48.1 Å². The minimum Gasteiger partial charge on any atom is -1.00 e. The molecule has 0 heterocycles. The number of hydrogen-bond donors (Lipinski definition) is 1. The molecular formula is C32H28Br5F3K2O9. The van der Waals surface area contributed by atoms with Crippen molar-refractivity contribution in [3.8, 4) is 23.0 Å². The Morgan fingerprint density at radius 2 is 1.25 bits per heavy atom. The second kappa shape index (κ2) is 32.5. The van der Waals surface area contributed by atoms with Gasteiger partial charge in [0.2, 0.25) is 5.78 Å². The average Bonchev–Trinajstić information content (AvgIpc) is 3.09. The zero-order valence-electron chi connectivity index (χ0n) is 29.4. The molecule has 0 saturated heterocycles. The molecule has 268 valence electrons. The van der Waals surface area contributed by atoms with Crippen LogP contribution in [0.1, 0.15) is 23.5 Å². The predicted molar refractivity (Wildman–Crippen MR) is 194 cm³/mol. The van der Waals surface area contributed by atoms with Gasteiger partial charge in [-0.15, -0.1) is 0 Å². The number of phenolic OH excluding ortho intramolecular Hbond substituents is 1. The Bertz CT molecular complexity index is 1690. The molecule has 9 nitrogen and oxygen atoms in total. The van der Waals surface area contributed by atoms with Crippen LogP contribution in [0.5, 0.6) is 23.0 Å². The smallest absolute Gasteiger partial charge is 1.00 e. The molecule has 4 aromatic rings. The van der Waals surface area contributed by atoms with E-state index in [2.05, 4.69) is 84.5 Å². The number of ketones is 2. The number of methoxy groups -OCH3 is 2. The van der Waals surface area contributed by atoms with Crippen LogP contribution in [0.2, 0.25) is 0 Å². The monoisotopic (exact) mass is 1090 g/mol. The van der Waals surface area contributed by atoms with Gasteiger partial charge in [-0.3, -0.25) is 18.8 Å². The van der Waals surface area contributed by atoms with E-state index in [1.54, 1.807) is 55.6 Å². The molecule has 0 bridgehead atoms. The summed E-state index contributed by atoms with van der Waals surface area (Å²) in [7, 11) is 2.10. The summed E-state index contributed by atoms with van der Waals surface area (Å²) in [6.45, 7) is -0.440. The van der Waals surface area contributed by atoms with E-state index in [-0.39, 0.29) is 145 Å². The van der Waals surface area contributed by atoms with Gasteiger partial charge in [-0.05, 0) is 92.5 Å². The summed E-state index contributed by atoms with van der Waals surface area (Å²) >= 11 is 15.7. The molecule has 0 radical (unpaired) electrons. The van der Waals surface area contributed by atoms with Crippen LogP contribution in [0.3, 0.4) is 0 Å².